The number of rotatable bonds is 3. The predicted molar refractivity (Wildman–Crippen MR) is 48.8 cm³/mol. The van der Waals surface area contributed by atoms with Crippen LogP contribution >= 0.6 is 0 Å². The van der Waals surface area contributed by atoms with Crippen LogP contribution in [0.25, 0.3) is 0 Å². The minimum atomic E-state index is -0.576. The van der Waals surface area contributed by atoms with Crippen LogP contribution in [0.2, 0.25) is 0 Å². The van der Waals surface area contributed by atoms with Crippen LogP contribution in [0.1, 0.15) is 39.0 Å². The molecule has 2 nitrogen and oxygen atoms in total. The van der Waals surface area contributed by atoms with Gasteiger partial charge in [-0.15, -0.1) is 0 Å². The van der Waals surface area contributed by atoms with E-state index >= 15 is 0 Å². The molecular formula is C10H18O2. The second-order valence-corrected chi connectivity index (χ2v) is 3.42. The van der Waals surface area contributed by atoms with E-state index < -0.39 is 5.60 Å². The highest BCUT2D eigenvalue weighted by molar-refractivity contribution is 4.99. The maximum atomic E-state index is 9.93. The second-order valence-electron chi connectivity index (χ2n) is 3.42. The topological polar surface area (TPSA) is 29.5 Å². The first-order valence-corrected chi connectivity index (χ1v) is 4.78. The summed E-state index contributed by atoms with van der Waals surface area (Å²) in [5.74, 6) is 0. The molecule has 0 amide bonds. The van der Waals surface area contributed by atoms with E-state index in [9.17, 15) is 5.11 Å². The zero-order valence-corrected chi connectivity index (χ0v) is 7.75. The van der Waals surface area contributed by atoms with Crippen molar-refractivity contribution >= 4 is 0 Å². The van der Waals surface area contributed by atoms with Crippen molar-refractivity contribution in [1.82, 2.24) is 0 Å². The molecule has 1 fully saturated rings. The van der Waals surface area contributed by atoms with Gasteiger partial charge < -0.3 is 9.84 Å². The van der Waals surface area contributed by atoms with Gasteiger partial charge >= 0.3 is 0 Å². The van der Waals surface area contributed by atoms with Gasteiger partial charge in [0.1, 0.15) is 0 Å². The van der Waals surface area contributed by atoms with Gasteiger partial charge in [-0.3, -0.25) is 0 Å². The van der Waals surface area contributed by atoms with Crippen molar-refractivity contribution in [2.45, 2.75) is 44.6 Å². The minimum Gasteiger partial charge on any atom is -0.502 e. The third-order valence-corrected chi connectivity index (χ3v) is 2.36. The van der Waals surface area contributed by atoms with E-state index in [4.69, 9.17) is 4.74 Å². The van der Waals surface area contributed by atoms with Gasteiger partial charge in [-0.25, -0.2) is 0 Å². The Kier molecular flexibility index (Phi) is 3.60. The zero-order valence-electron chi connectivity index (χ0n) is 7.75. The van der Waals surface area contributed by atoms with Crippen molar-refractivity contribution in [2.75, 3.05) is 6.61 Å². The molecule has 0 spiro atoms. The largest absolute Gasteiger partial charge is 0.502 e. The van der Waals surface area contributed by atoms with Crippen LogP contribution in [0.4, 0.5) is 0 Å². The van der Waals surface area contributed by atoms with Crippen molar-refractivity contribution in [2.24, 2.45) is 0 Å². The van der Waals surface area contributed by atoms with Gasteiger partial charge in [0.2, 0.25) is 0 Å². The predicted octanol–water partition coefficient (Wildman–Crippen LogP) is 2.23. The summed E-state index contributed by atoms with van der Waals surface area (Å²) >= 11 is 0. The van der Waals surface area contributed by atoms with Crippen molar-refractivity contribution in [3.8, 4) is 0 Å². The fourth-order valence-corrected chi connectivity index (χ4v) is 1.60. The fraction of sp³-hybridized carbons (Fsp3) is 0.800. The van der Waals surface area contributed by atoms with Gasteiger partial charge in [0.05, 0.1) is 18.5 Å². The molecule has 1 aliphatic carbocycles. The smallest absolute Gasteiger partial charge is 0.0859 e. The van der Waals surface area contributed by atoms with Crippen LogP contribution in [0.3, 0.4) is 0 Å². The molecular weight excluding hydrogens is 152 g/mol. The lowest BCUT2D eigenvalue weighted by atomic mass is 9.85. The number of hydrogen-bond acceptors (Lipinski definition) is 2. The minimum absolute atomic E-state index is 0.576. The Labute approximate surface area is 74.2 Å². The first-order valence-electron chi connectivity index (χ1n) is 4.78. The Morgan fingerprint density at radius 2 is 2.00 bits per heavy atom. The molecule has 1 saturated carbocycles. The molecule has 0 unspecified atom stereocenters. The molecule has 2 heteroatoms. The highest BCUT2D eigenvalue weighted by Gasteiger charge is 2.25. The highest BCUT2D eigenvalue weighted by Crippen LogP contribution is 2.28. The first-order chi connectivity index (χ1) is 5.77. The van der Waals surface area contributed by atoms with Crippen molar-refractivity contribution in [3.63, 3.8) is 0 Å². The Morgan fingerprint density at radius 1 is 1.33 bits per heavy atom. The molecule has 1 aliphatic rings. The van der Waals surface area contributed by atoms with Crippen LogP contribution in [-0.4, -0.2) is 17.3 Å². The molecule has 0 aromatic rings. The summed E-state index contributed by atoms with van der Waals surface area (Å²) in [4.78, 5) is 0. The monoisotopic (exact) mass is 170 g/mol. The highest BCUT2D eigenvalue weighted by atomic mass is 16.5. The molecule has 0 radical (unpaired) electrons. The lowest BCUT2D eigenvalue weighted by molar-refractivity contribution is 0.0483. The van der Waals surface area contributed by atoms with E-state index in [1.54, 1.807) is 12.3 Å². The normalized spacial score (nSPS) is 22.8. The Bertz CT molecular complexity index is 146. The molecule has 0 atom stereocenters. The molecule has 0 aromatic carbocycles. The molecule has 1 rings (SSSR count). The van der Waals surface area contributed by atoms with Crippen LogP contribution in [0.5, 0.6) is 0 Å². The van der Waals surface area contributed by atoms with E-state index in [1.165, 1.54) is 6.42 Å². The van der Waals surface area contributed by atoms with Crippen molar-refractivity contribution < 1.29 is 9.84 Å². The van der Waals surface area contributed by atoms with E-state index in [2.05, 4.69) is 0 Å². The van der Waals surface area contributed by atoms with Crippen LogP contribution in [0.15, 0.2) is 12.3 Å². The Balaban J connectivity index is 2.35. The van der Waals surface area contributed by atoms with E-state index in [1.807, 2.05) is 6.92 Å². The molecule has 1 N–H and O–H groups in total. The van der Waals surface area contributed by atoms with E-state index in [-0.39, 0.29) is 0 Å². The van der Waals surface area contributed by atoms with Gasteiger partial charge in [0.15, 0.2) is 0 Å². The molecule has 0 saturated heterocycles. The van der Waals surface area contributed by atoms with E-state index in [0.717, 1.165) is 25.7 Å². The fourth-order valence-electron chi connectivity index (χ4n) is 1.60. The average molecular weight is 170 g/mol. The first kappa shape index (κ1) is 9.59. The average Bonchev–Trinajstić information content (AvgIpc) is 2.06. The summed E-state index contributed by atoms with van der Waals surface area (Å²) in [7, 11) is 0. The quantitative estimate of drug-likeness (QED) is 0.658. The summed E-state index contributed by atoms with van der Waals surface area (Å²) < 4.78 is 5.06. The summed E-state index contributed by atoms with van der Waals surface area (Å²) in [5, 5.41) is 9.93. The van der Waals surface area contributed by atoms with Crippen molar-refractivity contribution in [3.05, 3.63) is 12.3 Å². The third-order valence-electron chi connectivity index (χ3n) is 2.36. The summed E-state index contributed by atoms with van der Waals surface area (Å²) in [6.07, 6.45) is 8.72. The molecule has 0 aromatic heterocycles. The van der Waals surface area contributed by atoms with Gasteiger partial charge in [-0.1, -0.05) is 19.3 Å². The molecule has 0 aliphatic heterocycles. The summed E-state index contributed by atoms with van der Waals surface area (Å²) in [6.45, 7) is 2.61. The second kappa shape index (κ2) is 4.51. The molecule has 70 valence electrons. The number of aliphatic hydroxyl groups is 1. The van der Waals surface area contributed by atoms with Gasteiger partial charge in [-0.2, -0.15) is 0 Å². The standard InChI is InChI=1S/C10H18O2/c1-2-12-9-8-10(11)6-4-3-5-7-10/h8-9,11H,2-7H2,1H3/b9-8+. The third kappa shape index (κ3) is 2.86. The Morgan fingerprint density at radius 3 is 2.58 bits per heavy atom. The van der Waals surface area contributed by atoms with Crippen LogP contribution < -0.4 is 0 Å². The van der Waals surface area contributed by atoms with Gasteiger partial charge in [0, 0.05) is 0 Å². The number of ether oxygens (including phenoxy) is 1. The molecule has 0 heterocycles. The summed E-state index contributed by atoms with van der Waals surface area (Å²) in [6, 6.07) is 0. The molecule has 0 bridgehead atoms. The van der Waals surface area contributed by atoms with Crippen molar-refractivity contribution in [1.29, 1.82) is 0 Å². The zero-order chi connectivity index (χ0) is 8.86. The summed E-state index contributed by atoms with van der Waals surface area (Å²) in [5.41, 5.74) is -0.576. The number of hydrogen-bond donors (Lipinski definition) is 1. The molecule has 12 heavy (non-hydrogen) atoms. The Hall–Kier alpha value is -0.500. The van der Waals surface area contributed by atoms with E-state index in [0.29, 0.717) is 6.61 Å². The lowest BCUT2D eigenvalue weighted by Crippen LogP contribution is -2.28. The maximum Gasteiger partial charge on any atom is 0.0859 e. The van der Waals surface area contributed by atoms with Crippen LogP contribution in [-0.2, 0) is 4.74 Å². The maximum absolute atomic E-state index is 9.93. The lowest BCUT2D eigenvalue weighted by Gasteiger charge is -2.28. The SMILES string of the molecule is CCO/C=C/C1(O)CCCCC1. The van der Waals surface area contributed by atoms with Crippen LogP contribution in [0, 0.1) is 0 Å². The van der Waals surface area contributed by atoms with Gasteiger partial charge in [0.25, 0.3) is 0 Å². The van der Waals surface area contributed by atoms with Gasteiger partial charge in [-0.05, 0) is 25.8 Å².